The van der Waals surface area contributed by atoms with Gasteiger partial charge in [-0.1, -0.05) is 17.7 Å². The van der Waals surface area contributed by atoms with Crippen LogP contribution in [0, 0.1) is 13.8 Å². The molecular formula is C23H23N3O3. The van der Waals surface area contributed by atoms with Crippen molar-refractivity contribution < 1.29 is 14.3 Å². The van der Waals surface area contributed by atoms with E-state index in [4.69, 9.17) is 4.74 Å². The average Bonchev–Trinajstić information content (AvgIpc) is 2.71. The zero-order valence-electron chi connectivity index (χ0n) is 16.7. The molecule has 29 heavy (non-hydrogen) atoms. The maximum atomic E-state index is 12.6. The van der Waals surface area contributed by atoms with E-state index >= 15 is 0 Å². The van der Waals surface area contributed by atoms with Crippen molar-refractivity contribution in [3.8, 4) is 0 Å². The van der Waals surface area contributed by atoms with Crippen LogP contribution in [0.25, 0.3) is 0 Å². The molecule has 3 rings (SSSR count). The first-order valence-electron chi connectivity index (χ1n) is 9.35. The highest BCUT2D eigenvalue weighted by atomic mass is 16.5. The Morgan fingerprint density at radius 1 is 0.966 bits per heavy atom. The summed E-state index contributed by atoms with van der Waals surface area (Å²) in [6, 6.07) is 16.2. The summed E-state index contributed by atoms with van der Waals surface area (Å²) < 4.78 is 4.98. The molecule has 0 spiro atoms. The Labute approximate surface area is 169 Å². The van der Waals surface area contributed by atoms with E-state index in [9.17, 15) is 9.59 Å². The lowest BCUT2D eigenvalue weighted by molar-refractivity contribution is 0.0526. The Hall–Kier alpha value is -3.67. The van der Waals surface area contributed by atoms with Crippen LogP contribution in [0.5, 0.6) is 0 Å². The maximum Gasteiger partial charge on any atom is 0.338 e. The van der Waals surface area contributed by atoms with E-state index in [2.05, 4.69) is 15.6 Å². The number of carbonyl (C=O) groups excluding carboxylic acids is 2. The van der Waals surface area contributed by atoms with Gasteiger partial charge in [0.2, 0.25) is 0 Å². The van der Waals surface area contributed by atoms with Crippen LogP contribution in [0.2, 0.25) is 0 Å². The van der Waals surface area contributed by atoms with Crippen molar-refractivity contribution >= 4 is 28.9 Å². The zero-order valence-corrected chi connectivity index (χ0v) is 16.7. The first-order chi connectivity index (χ1) is 14.0. The third-order valence-electron chi connectivity index (χ3n) is 4.31. The van der Waals surface area contributed by atoms with Gasteiger partial charge in [0.05, 0.1) is 12.2 Å². The molecule has 0 aliphatic rings. The number of aromatic nitrogens is 1. The molecule has 2 aromatic carbocycles. The summed E-state index contributed by atoms with van der Waals surface area (Å²) in [4.78, 5) is 28.5. The fraction of sp³-hybridized carbons (Fsp3) is 0.174. The summed E-state index contributed by atoms with van der Waals surface area (Å²) in [5, 5.41) is 6.10. The van der Waals surface area contributed by atoms with Gasteiger partial charge in [0.25, 0.3) is 5.91 Å². The molecule has 0 aliphatic carbocycles. The second-order valence-corrected chi connectivity index (χ2v) is 6.63. The number of pyridine rings is 1. The van der Waals surface area contributed by atoms with Crippen LogP contribution in [-0.4, -0.2) is 23.5 Å². The first-order valence-corrected chi connectivity index (χ1v) is 9.35. The summed E-state index contributed by atoms with van der Waals surface area (Å²) in [7, 11) is 0. The Balaban J connectivity index is 1.70. The zero-order chi connectivity index (χ0) is 20.8. The summed E-state index contributed by atoms with van der Waals surface area (Å²) in [5.41, 5.74) is 5.18. The van der Waals surface area contributed by atoms with Crippen LogP contribution < -0.4 is 10.6 Å². The predicted octanol–water partition coefficient (Wildman–Crippen LogP) is 4.87. The molecular weight excluding hydrogens is 366 g/mol. The molecule has 2 N–H and O–H groups in total. The molecule has 0 saturated heterocycles. The van der Waals surface area contributed by atoms with Gasteiger partial charge in [-0.25, -0.2) is 4.79 Å². The van der Waals surface area contributed by atoms with E-state index < -0.39 is 0 Å². The van der Waals surface area contributed by atoms with E-state index in [0.717, 1.165) is 28.2 Å². The van der Waals surface area contributed by atoms with Crippen molar-refractivity contribution in [3.63, 3.8) is 0 Å². The summed E-state index contributed by atoms with van der Waals surface area (Å²) >= 11 is 0. The molecule has 0 saturated carbocycles. The molecule has 0 radical (unpaired) electrons. The molecule has 0 fully saturated rings. The number of hydrogen-bond donors (Lipinski definition) is 2. The molecule has 148 valence electrons. The molecule has 0 aliphatic heterocycles. The van der Waals surface area contributed by atoms with Gasteiger partial charge < -0.3 is 15.4 Å². The van der Waals surface area contributed by atoms with Crippen molar-refractivity contribution in [2.24, 2.45) is 0 Å². The van der Waals surface area contributed by atoms with Crippen molar-refractivity contribution in [3.05, 3.63) is 83.2 Å². The molecule has 0 atom stereocenters. The minimum absolute atomic E-state index is 0.279. The van der Waals surface area contributed by atoms with Gasteiger partial charge >= 0.3 is 5.97 Å². The van der Waals surface area contributed by atoms with Crippen LogP contribution in [-0.2, 0) is 4.74 Å². The number of ether oxygens (including phenoxy) is 1. The molecule has 1 aromatic heterocycles. The van der Waals surface area contributed by atoms with Gasteiger partial charge in [-0.05, 0) is 68.8 Å². The number of benzene rings is 2. The van der Waals surface area contributed by atoms with Gasteiger partial charge in [-0.3, -0.25) is 9.78 Å². The molecule has 6 heteroatoms. The number of nitrogens with one attached hydrogen (secondary N) is 2. The number of aryl methyl sites for hydroxylation is 2. The van der Waals surface area contributed by atoms with Crippen LogP contribution in [0.1, 0.15) is 38.9 Å². The standard InChI is InChI=1S/C23H23N3O3/c1-4-29-23(28)17-6-8-18(9-7-17)25-19-11-12-24-21(14-19)22(27)26-20-10-5-15(2)13-16(20)3/h5-14H,4H2,1-3H3,(H,24,25)(H,26,27). The van der Waals surface area contributed by atoms with Gasteiger partial charge in [0.15, 0.2) is 0 Å². The molecule has 1 amide bonds. The molecule has 0 bridgehead atoms. The summed E-state index contributed by atoms with van der Waals surface area (Å²) in [6.07, 6.45) is 1.58. The quantitative estimate of drug-likeness (QED) is 0.588. The van der Waals surface area contributed by atoms with E-state index in [0.29, 0.717) is 17.9 Å². The summed E-state index contributed by atoms with van der Waals surface area (Å²) in [5.74, 6) is -0.633. The molecule has 0 unspecified atom stereocenters. The summed E-state index contributed by atoms with van der Waals surface area (Å²) in [6.45, 7) is 6.07. The van der Waals surface area contributed by atoms with Crippen molar-refractivity contribution in [2.75, 3.05) is 17.2 Å². The Morgan fingerprint density at radius 2 is 1.72 bits per heavy atom. The number of esters is 1. The van der Waals surface area contributed by atoms with Crippen LogP contribution >= 0.6 is 0 Å². The average molecular weight is 389 g/mol. The highest BCUT2D eigenvalue weighted by Crippen LogP contribution is 2.20. The first kappa shape index (κ1) is 20.1. The topological polar surface area (TPSA) is 80.3 Å². The lowest BCUT2D eigenvalue weighted by atomic mass is 10.1. The Morgan fingerprint density at radius 3 is 2.41 bits per heavy atom. The lowest BCUT2D eigenvalue weighted by Gasteiger charge is -2.11. The smallest absolute Gasteiger partial charge is 0.338 e. The number of anilines is 3. The van der Waals surface area contributed by atoms with E-state index in [-0.39, 0.29) is 11.9 Å². The van der Waals surface area contributed by atoms with E-state index in [1.54, 1.807) is 49.5 Å². The normalized spacial score (nSPS) is 10.3. The van der Waals surface area contributed by atoms with Crippen LogP contribution in [0.4, 0.5) is 17.1 Å². The third kappa shape index (κ3) is 5.19. The number of carbonyl (C=O) groups is 2. The monoisotopic (exact) mass is 389 g/mol. The van der Waals surface area contributed by atoms with Gasteiger partial charge in [-0.15, -0.1) is 0 Å². The Bertz CT molecular complexity index is 1030. The number of amides is 1. The molecule has 3 aromatic rings. The SMILES string of the molecule is CCOC(=O)c1ccc(Nc2ccnc(C(=O)Nc3ccc(C)cc3C)c2)cc1. The lowest BCUT2D eigenvalue weighted by Crippen LogP contribution is -2.14. The number of rotatable bonds is 6. The fourth-order valence-electron chi connectivity index (χ4n) is 2.84. The van der Waals surface area contributed by atoms with Crippen LogP contribution in [0.15, 0.2) is 60.8 Å². The van der Waals surface area contributed by atoms with E-state index in [1.807, 2.05) is 32.0 Å². The highest BCUT2D eigenvalue weighted by Gasteiger charge is 2.11. The Kier molecular flexibility index (Phi) is 6.24. The van der Waals surface area contributed by atoms with E-state index in [1.165, 1.54) is 0 Å². The predicted molar refractivity (Wildman–Crippen MR) is 114 cm³/mol. The maximum absolute atomic E-state index is 12.6. The third-order valence-corrected chi connectivity index (χ3v) is 4.31. The molecule has 1 heterocycles. The second-order valence-electron chi connectivity index (χ2n) is 6.63. The largest absolute Gasteiger partial charge is 0.462 e. The minimum atomic E-state index is -0.353. The molecule has 6 nitrogen and oxygen atoms in total. The van der Waals surface area contributed by atoms with Gasteiger partial charge in [-0.2, -0.15) is 0 Å². The fourth-order valence-corrected chi connectivity index (χ4v) is 2.84. The van der Waals surface area contributed by atoms with Crippen molar-refractivity contribution in [1.29, 1.82) is 0 Å². The van der Waals surface area contributed by atoms with Gasteiger partial charge in [0.1, 0.15) is 5.69 Å². The second kappa shape index (κ2) is 9.01. The van der Waals surface area contributed by atoms with Crippen molar-refractivity contribution in [1.82, 2.24) is 4.98 Å². The number of nitrogens with zero attached hydrogens (tertiary/aromatic N) is 1. The number of hydrogen-bond acceptors (Lipinski definition) is 5. The van der Waals surface area contributed by atoms with Crippen molar-refractivity contribution in [2.45, 2.75) is 20.8 Å². The minimum Gasteiger partial charge on any atom is -0.462 e. The van der Waals surface area contributed by atoms with Crippen LogP contribution in [0.3, 0.4) is 0 Å². The van der Waals surface area contributed by atoms with Gasteiger partial charge in [0, 0.05) is 23.3 Å². The highest BCUT2D eigenvalue weighted by molar-refractivity contribution is 6.03.